The van der Waals surface area contributed by atoms with Crippen LogP contribution in [0.1, 0.15) is 28.5 Å². The van der Waals surface area contributed by atoms with Crippen LogP contribution in [0.5, 0.6) is 5.75 Å². The molecule has 0 bridgehead atoms. The number of rotatable bonds is 5. The minimum absolute atomic E-state index is 0.0306. The van der Waals surface area contributed by atoms with Crippen molar-refractivity contribution < 1.29 is 19.4 Å². The van der Waals surface area contributed by atoms with Crippen LogP contribution >= 0.6 is 0 Å². The van der Waals surface area contributed by atoms with E-state index < -0.39 is 23.5 Å². The summed E-state index contributed by atoms with van der Waals surface area (Å²) in [6.45, 7) is 4.75. The van der Waals surface area contributed by atoms with Gasteiger partial charge in [0.1, 0.15) is 17.0 Å². The van der Waals surface area contributed by atoms with Gasteiger partial charge in [-0.25, -0.2) is 9.48 Å². The van der Waals surface area contributed by atoms with Gasteiger partial charge >= 0.3 is 5.97 Å². The number of phenolic OH excluding ortho intramolecular Hbond substituents is 1. The van der Waals surface area contributed by atoms with Gasteiger partial charge in [-0.1, -0.05) is 30.3 Å². The van der Waals surface area contributed by atoms with Gasteiger partial charge in [0.05, 0.1) is 11.4 Å². The second-order valence-electron chi connectivity index (χ2n) is 6.94. The summed E-state index contributed by atoms with van der Waals surface area (Å²) in [4.78, 5) is 37.8. The van der Waals surface area contributed by atoms with Crippen LogP contribution in [0.3, 0.4) is 0 Å². The number of para-hydroxylation sites is 2. The third kappa shape index (κ3) is 3.84. The van der Waals surface area contributed by atoms with Crippen molar-refractivity contribution in [2.45, 2.75) is 26.9 Å². The van der Waals surface area contributed by atoms with Crippen LogP contribution in [0.15, 0.2) is 53.3 Å². The van der Waals surface area contributed by atoms with E-state index in [1.54, 1.807) is 49.8 Å². The molecule has 30 heavy (non-hydrogen) atoms. The van der Waals surface area contributed by atoms with Gasteiger partial charge in [0, 0.05) is 7.05 Å². The van der Waals surface area contributed by atoms with Crippen molar-refractivity contribution in [3.63, 3.8) is 0 Å². The number of phenols is 1. The Hall–Kier alpha value is -3.81. The molecule has 0 aliphatic rings. The number of aryl methyl sites for hydroxylation is 1. The van der Waals surface area contributed by atoms with E-state index in [0.717, 1.165) is 0 Å². The van der Waals surface area contributed by atoms with Gasteiger partial charge in [-0.15, -0.1) is 0 Å². The highest BCUT2D eigenvalue weighted by Gasteiger charge is 2.24. The Morgan fingerprint density at radius 1 is 1.07 bits per heavy atom. The lowest BCUT2D eigenvalue weighted by Crippen LogP contribution is -2.32. The quantitative estimate of drug-likeness (QED) is 0.631. The first-order valence-electron chi connectivity index (χ1n) is 9.36. The molecule has 0 spiro atoms. The first kappa shape index (κ1) is 20.9. The Kier molecular flexibility index (Phi) is 5.77. The van der Waals surface area contributed by atoms with Crippen molar-refractivity contribution in [1.82, 2.24) is 9.36 Å². The molecule has 0 aliphatic carbocycles. The number of hydrogen-bond acceptors (Lipinski definition) is 5. The topological polar surface area (TPSA) is 103 Å². The number of carbonyl (C=O) groups excluding carboxylic acids is 2. The molecule has 0 unspecified atom stereocenters. The standard InChI is InChI=1S/C22H23N3O5/c1-13-9-8-12-17(19(13)26)22(29)30-15(3)20(27)23-18-14(2)24(4)25(21(18)28)16-10-6-5-7-11-16/h5-12,15,26H,1-4H3,(H,23,27)/t15-/m0/s1. The maximum absolute atomic E-state index is 12.9. The average molecular weight is 409 g/mol. The number of carbonyl (C=O) groups is 2. The minimum Gasteiger partial charge on any atom is -0.507 e. The molecule has 0 saturated carbocycles. The normalized spacial score (nSPS) is 11.7. The molecule has 0 radical (unpaired) electrons. The lowest BCUT2D eigenvalue weighted by Gasteiger charge is -2.14. The van der Waals surface area contributed by atoms with Gasteiger partial charge in [0.25, 0.3) is 11.5 Å². The predicted molar refractivity (Wildman–Crippen MR) is 112 cm³/mol. The summed E-state index contributed by atoms with van der Waals surface area (Å²) in [7, 11) is 1.71. The molecular weight excluding hydrogens is 386 g/mol. The number of aromatic hydroxyl groups is 1. The van der Waals surface area contributed by atoms with Gasteiger partial charge in [-0.05, 0) is 44.5 Å². The van der Waals surface area contributed by atoms with Crippen LogP contribution in [0.25, 0.3) is 5.69 Å². The van der Waals surface area contributed by atoms with E-state index >= 15 is 0 Å². The minimum atomic E-state index is -1.18. The fourth-order valence-electron chi connectivity index (χ4n) is 3.04. The Labute approximate surface area is 173 Å². The van der Waals surface area contributed by atoms with Crippen molar-refractivity contribution in [2.24, 2.45) is 7.05 Å². The number of nitrogens with one attached hydrogen (secondary N) is 1. The zero-order chi connectivity index (χ0) is 22.0. The predicted octanol–water partition coefficient (Wildman–Crippen LogP) is 2.68. The Bertz CT molecular complexity index is 1160. The molecule has 156 valence electrons. The molecule has 2 N–H and O–H groups in total. The van der Waals surface area contributed by atoms with Crippen molar-refractivity contribution in [3.05, 3.63) is 75.7 Å². The van der Waals surface area contributed by atoms with E-state index in [4.69, 9.17) is 4.74 Å². The fourth-order valence-corrected chi connectivity index (χ4v) is 3.04. The van der Waals surface area contributed by atoms with E-state index in [-0.39, 0.29) is 17.0 Å². The molecule has 0 saturated heterocycles. The fraction of sp³-hybridized carbons (Fsp3) is 0.227. The van der Waals surface area contributed by atoms with Crippen molar-refractivity contribution in [1.29, 1.82) is 0 Å². The van der Waals surface area contributed by atoms with Gasteiger partial charge in [0.15, 0.2) is 6.10 Å². The molecule has 1 amide bonds. The number of aromatic nitrogens is 2. The Morgan fingerprint density at radius 3 is 2.40 bits per heavy atom. The molecule has 3 aromatic rings. The summed E-state index contributed by atoms with van der Waals surface area (Å²) in [5, 5.41) is 12.6. The summed E-state index contributed by atoms with van der Waals surface area (Å²) in [5.74, 6) is -1.67. The molecule has 8 heteroatoms. The summed E-state index contributed by atoms with van der Waals surface area (Å²) in [6, 6.07) is 13.7. The smallest absolute Gasteiger partial charge is 0.342 e. The van der Waals surface area contributed by atoms with Crippen LogP contribution in [-0.4, -0.2) is 32.5 Å². The zero-order valence-corrected chi connectivity index (χ0v) is 17.2. The Balaban J connectivity index is 1.80. The first-order chi connectivity index (χ1) is 14.2. The van der Waals surface area contributed by atoms with Crippen LogP contribution in [0, 0.1) is 13.8 Å². The van der Waals surface area contributed by atoms with E-state index in [9.17, 15) is 19.5 Å². The molecule has 3 rings (SSSR count). The van der Waals surface area contributed by atoms with Crippen molar-refractivity contribution in [2.75, 3.05) is 5.32 Å². The van der Waals surface area contributed by atoms with Crippen LogP contribution in [-0.2, 0) is 16.6 Å². The molecule has 1 heterocycles. The molecule has 1 aromatic heterocycles. The maximum Gasteiger partial charge on any atom is 0.342 e. The third-order valence-corrected chi connectivity index (χ3v) is 4.91. The van der Waals surface area contributed by atoms with E-state index in [0.29, 0.717) is 16.9 Å². The van der Waals surface area contributed by atoms with Gasteiger partial charge < -0.3 is 15.2 Å². The van der Waals surface area contributed by atoms with Crippen LogP contribution in [0.2, 0.25) is 0 Å². The number of benzene rings is 2. The molecule has 0 fully saturated rings. The third-order valence-electron chi connectivity index (χ3n) is 4.91. The zero-order valence-electron chi connectivity index (χ0n) is 17.2. The molecule has 1 atom stereocenters. The maximum atomic E-state index is 12.9. The second-order valence-corrected chi connectivity index (χ2v) is 6.94. The highest BCUT2D eigenvalue weighted by atomic mass is 16.5. The summed E-state index contributed by atoms with van der Waals surface area (Å²) in [5.41, 5.74) is 1.40. The van der Waals surface area contributed by atoms with Crippen molar-refractivity contribution >= 4 is 17.6 Å². The van der Waals surface area contributed by atoms with Gasteiger partial charge in [0.2, 0.25) is 0 Å². The van der Waals surface area contributed by atoms with Crippen LogP contribution in [0.4, 0.5) is 5.69 Å². The second kappa shape index (κ2) is 8.28. The molecule has 0 aliphatic heterocycles. The highest BCUT2D eigenvalue weighted by molar-refractivity contribution is 5.98. The lowest BCUT2D eigenvalue weighted by atomic mass is 10.1. The number of ether oxygens (including phenoxy) is 1. The van der Waals surface area contributed by atoms with E-state index in [1.165, 1.54) is 17.7 Å². The largest absolute Gasteiger partial charge is 0.507 e. The number of anilines is 1. The average Bonchev–Trinajstić information content (AvgIpc) is 2.93. The highest BCUT2D eigenvalue weighted by Crippen LogP contribution is 2.23. The molecule has 8 nitrogen and oxygen atoms in total. The van der Waals surface area contributed by atoms with Gasteiger partial charge in [-0.3, -0.25) is 14.3 Å². The SMILES string of the molecule is Cc1cccc(C(=O)O[C@@H](C)C(=O)Nc2c(C)n(C)n(-c3ccccc3)c2=O)c1O. The van der Waals surface area contributed by atoms with Gasteiger partial charge in [-0.2, -0.15) is 0 Å². The van der Waals surface area contributed by atoms with Crippen molar-refractivity contribution in [3.8, 4) is 11.4 Å². The molecular formula is C22H23N3O5. The van der Waals surface area contributed by atoms with Crippen LogP contribution < -0.4 is 10.9 Å². The van der Waals surface area contributed by atoms with E-state index in [2.05, 4.69) is 5.32 Å². The first-order valence-corrected chi connectivity index (χ1v) is 9.36. The number of nitrogens with zero attached hydrogens (tertiary/aromatic N) is 2. The Morgan fingerprint density at radius 2 is 1.73 bits per heavy atom. The summed E-state index contributed by atoms with van der Waals surface area (Å²) < 4.78 is 8.25. The monoisotopic (exact) mass is 409 g/mol. The number of hydrogen-bond donors (Lipinski definition) is 2. The number of amides is 1. The summed E-state index contributed by atoms with van der Waals surface area (Å²) in [6.07, 6.45) is -1.18. The van der Waals surface area contributed by atoms with E-state index in [1.807, 2.05) is 18.2 Å². The number of esters is 1. The summed E-state index contributed by atoms with van der Waals surface area (Å²) >= 11 is 0. The lowest BCUT2D eigenvalue weighted by molar-refractivity contribution is -0.123. The molecule has 2 aromatic carbocycles.